The summed E-state index contributed by atoms with van der Waals surface area (Å²) in [4.78, 5) is 24.4. The number of nitrogens with zero attached hydrogens (tertiary/aromatic N) is 1. The molecular formula is C14H20N2O4S. The normalized spacial score (nSPS) is 11.7. The van der Waals surface area contributed by atoms with Crippen molar-refractivity contribution in [2.24, 2.45) is 0 Å². The van der Waals surface area contributed by atoms with Crippen molar-refractivity contribution in [3.05, 3.63) is 29.8 Å². The first-order valence-corrected chi connectivity index (χ1v) is 8.27. The van der Waals surface area contributed by atoms with Gasteiger partial charge in [0.15, 0.2) is 0 Å². The van der Waals surface area contributed by atoms with E-state index in [9.17, 15) is 13.8 Å². The molecule has 0 bridgehead atoms. The zero-order valence-corrected chi connectivity index (χ0v) is 13.0. The van der Waals surface area contributed by atoms with Gasteiger partial charge in [0.05, 0.1) is 6.42 Å². The lowest BCUT2D eigenvalue weighted by molar-refractivity contribution is -0.136. The van der Waals surface area contributed by atoms with Crippen LogP contribution in [0, 0.1) is 6.92 Å². The molecule has 0 spiro atoms. The van der Waals surface area contributed by atoms with E-state index in [1.165, 1.54) is 4.90 Å². The van der Waals surface area contributed by atoms with E-state index in [-0.39, 0.29) is 25.5 Å². The molecule has 0 aliphatic carbocycles. The number of carbonyl (C=O) groups is 2. The number of para-hydroxylation sites is 1. The number of aliphatic carboxylic acids is 1. The number of urea groups is 1. The van der Waals surface area contributed by atoms with Crippen LogP contribution in [-0.4, -0.2) is 46.4 Å². The Morgan fingerprint density at radius 1 is 1.33 bits per heavy atom. The molecule has 6 nitrogen and oxygen atoms in total. The van der Waals surface area contributed by atoms with Gasteiger partial charge >= 0.3 is 12.0 Å². The summed E-state index contributed by atoms with van der Waals surface area (Å²) in [6, 6.07) is 6.90. The maximum Gasteiger partial charge on any atom is 0.321 e. The fourth-order valence-corrected chi connectivity index (χ4v) is 2.19. The molecule has 2 N–H and O–H groups in total. The van der Waals surface area contributed by atoms with Crippen LogP contribution < -0.4 is 10.2 Å². The first kappa shape index (κ1) is 17.2. The molecule has 1 aromatic carbocycles. The van der Waals surface area contributed by atoms with E-state index in [2.05, 4.69) is 5.32 Å². The number of hydrogen-bond donors (Lipinski definition) is 2. The second-order valence-corrected chi connectivity index (χ2v) is 6.15. The van der Waals surface area contributed by atoms with E-state index in [4.69, 9.17) is 5.11 Å². The lowest BCUT2D eigenvalue weighted by Gasteiger charge is -2.24. The van der Waals surface area contributed by atoms with Crippen LogP contribution in [0.25, 0.3) is 0 Å². The molecule has 0 saturated carbocycles. The molecule has 0 heterocycles. The van der Waals surface area contributed by atoms with E-state index in [0.29, 0.717) is 11.4 Å². The van der Waals surface area contributed by atoms with Gasteiger partial charge < -0.3 is 10.4 Å². The Morgan fingerprint density at radius 2 is 2.00 bits per heavy atom. The molecule has 0 saturated heterocycles. The van der Waals surface area contributed by atoms with Crippen LogP contribution >= 0.6 is 0 Å². The van der Waals surface area contributed by atoms with Crippen molar-refractivity contribution in [1.29, 1.82) is 0 Å². The monoisotopic (exact) mass is 312 g/mol. The Hall–Kier alpha value is -1.89. The van der Waals surface area contributed by atoms with Gasteiger partial charge in [-0.25, -0.2) is 4.79 Å². The highest BCUT2D eigenvalue weighted by atomic mass is 32.2. The Kier molecular flexibility index (Phi) is 6.87. The van der Waals surface area contributed by atoms with Crippen LogP contribution in [-0.2, 0) is 15.6 Å². The highest BCUT2D eigenvalue weighted by Crippen LogP contribution is 2.19. The maximum absolute atomic E-state index is 12.2. The molecule has 1 rings (SSSR count). The molecule has 0 aliphatic rings. The zero-order chi connectivity index (χ0) is 15.8. The smallest absolute Gasteiger partial charge is 0.321 e. The molecule has 0 fully saturated rings. The van der Waals surface area contributed by atoms with Gasteiger partial charge in [0.1, 0.15) is 0 Å². The van der Waals surface area contributed by atoms with Crippen molar-refractivity contribution in [2.75, 3.05) is 30.0 Å². The Balaban J connectivity index is 2.81. The van der Waals surface area contributed by atoms with Gasteiger partial charge in [0.25, 0.3) is 0 Å². The second kappa shape index (κ2) is 8.41. The van der Waals surface area contributed by atoms with Crippen LogP contribution in [0.5, 0.6) is 0 Å². The van der Waals surface area contributed by atoms with Gasteiger partial charge in [-0.1, -0.05) is 18.2 Å². The molecular weight excluding hydrogens is 292 g/mol. The number of anilines is 1. The van der Waals surface area contributed by atoms with E-state index < -0.39 is 16.8 Å². The summed E-state index contributed by atoms with van der Waals surface area (Å²) < 4.78 is 11.0. The average molecular weight is 312 g/mol. The third-order valence-electron chi connectivity index (χ3n) is 2.87. The summed E-state index contributed by atoms with van der Waals surface area (Å²) in [6.07, 6.45) is 1.43. The Bertz CT molecular complexity index is 533. The van der Waals surface area contributed by atoms with Crippen molar-refractivity contribution in [3.8, 4) is 0 Å². The third kappa shape index (κ3) is 5.95. The molecule has 1 atom stereocenters. The predicted octanol–water partition coefficient (Wildman–Crippen LogP) is 1.36. The molecule has 1 aromatic rings. The highest BCUT2D eigenvalue weighted by molar-refractivity contribution is 7.84. The van der Waals surface area contributed by atoms with Crippen molar-refractivity contribution in [3.63, 3.8) is 0 Å². The molecule has 0 radical (unpaired) electrons. The summed E-state index contributed by atoms with van der Waals surface area (Å²) in [7, 11) is -0.983. The number of carboxylic acids is 1. The topological polar surface area (TPSA) is 86.7 Å². The summed E-state index contributed by atoms with van der Waals surface area (Å²) in [5.74, 6) is -0.595. The van der Waals surface area contributed by atoms with Gasteiger partial charge in [-0.2, -0.15) is 0 Å². The number of rotatable bonds is 7. The van der Waals surface area contributed by atoms with Gasteiger partial charge in [-0.3, -0.25) is 13.9 Å². The zero-order valence-electron chi connectivity index (χ0n) is 12.2. The number of benzene rings is 1. The van der Waals surface area contributed by atoms with Crippen LogP contribution in [0.1, 0.15) is 12.0 Å². The SMILES string of the molecule is Cc1ccccc1N(CCC(=O)O)C(=O)NCCS(C)=O. The highest BCUT2D eigenvalue weighted by Gasteiger charge is 2.18. The van der Waals surface area contributed by atoms with Gasteiger partial charge in [0, 0.05) is 41.6 Å². The predicted molar refractivity (Wildman–Crippen MR) is 83.1 cm³/mol. The molecule has 2 amide bonds. The van der Waals surface area contributed by atoms with Gasteiger partial charge in [0.2, 0.25) is 0 Å². The number of carbonyl (C=O) groups excluding carboxylic acids is 1. The van der Waals surface area contributed by atoms with E-state index in [1.807, 2.05) is 19.1 Å². The summed E-state index contributed by atoms with van der Waals surface area (Å²) >= 11 is 0. The minimum absolute atomic E-state index is 0.0846. The van der Waals surface area contributed by atoms with Crippen molar-refractivity contribution >= 4 is 28.5 Å². The van der Waals surface area contributed by atoms with Gasteiger partial charge in [-0.05, 0) is 18.6 Å². The standard InChI is InChI=1S/C14H20N2O4S/c1-11-5-3-4-6-12(11)16(9-7-13(17)18)14(19)15-8-10-21(2)20/h3-6H,7-10H2,1-2H3,(H,15,19)(H,17,18). The largest absolute Gasteiger partial charge is 0.481 e. The minimum Gasteiger partial charge on any atom is -0.481 e. The fraction of sp³-hybridized carbons (Fsp3) is 0.429. The molecule has 0 aliphatic heterocycles. The summed E-state index contributed by atoms with van der Waals surface area (Å²) in [5.41, 5.74) is 1.56. The first-order valence-electron chi connectivity index (χ1n) is 6.54. The van der Waals surface area contributed by atoms with Crippen molar-refractivity contribution in [1.82, 2.24) is 5.32 Å². The van der Waals surface area contributed by atoms with Crippen LogP contribution in [0.4, 0.5) is 10.5 Å². The average Bonchev–Trinajstić information content (AvgIpc) is 2.40. The van der Waals surface area contributed by atoms with E-state index in [1.54, 1.807) is 18.4 Å². The number of hydrogen-bond acceptors (Lipinski definition) is 3. The van der Waals surface area contributed by atoms with Gasteiger partial charge in [-0.15, -0.1) is 0 Å². The minimum atomic E-state index is -0.983. The van der Waals surface area contributed by atoms with E-state index >= 15 is 0 Å². The molecule has 7 heteroatoms. The quantitative estimate of drug-likeness (QED) is 0.796. The third-order valence-corrected chi connectivity index (χ3v) is 3.65. The molecule has 21 heavy (non-hydrogen) atoms. The van der Waals surface area contributed by atoms with Crippen LogP contribution in [0.3, 0.4) is 0 Å². The lowest BCUT2D eigenvalue weighted by Crippen LogP contribution is -2.42. The second-order valence-electron chi connectivity index (χ2n) is 4.59. The van der Waals surface area contributed by atoms with Crippen molar-refractivity contribution in [2.45, 2.75) is 13.3 Å². The van der Waals surface area contributed by atoms with E-state index in [0.717, 1.165) is 5.56 Å². The molecule has 116 valence electrons. The summed E-state index contributed by atoms with van der Waals surface area (Å²) in [6.45, 7) is 2.23. The number of amides is 2. The fourth-order valence-electron chi connectivity index (χ4n) is 1.80. The Labute approximate surface area is 126 Å². The number of nitrogens with one attached hydrogen (secondary N) is 1. The lowest BCUT2D eigenvalue weighted by atomic mass is 10.2. The molecule has 1 unspecified atom stereocenters. The number of aryl methyl sites for hydroxylation is 1. The summed E-state index contributed by atoms with van der Waals surface area (Å²) in [5, 5.41) is 11.5. The van der Waals surface area contributed by atoms with Crippen molar-refractivity contribution < 1.29 is 18.9 Å². The first-order chi connectivity index (χ1) is 9.91. The number of carboxylic acid groups (broad SMARTS) is 1. The van der Waals surface area contributed by atoms with Crippen LogP contribution in [0.2, 0.25) is 0 Å². The van der Waals surface area contributed by atoms with Crippen LogP contribution in [0.15, 0.2) is 24.3 Å². The molecule has 0 aromatic heterocycles. The maximum atomic E-state index is 12.2. The Morgan fingerprint density at radius 3 is 2.57 bits per heavy atom.